The van der Waals surface area contributed by atoms with Gasteiger partial charge in [-0.2, -0.15) is 0 Å². The second-order valence-corrected chi connectivity index (χ2v) is 7.69. The minimum absolute atomic E-state index is 0.0327. The number of thioether (sulfide) groups is 1. The van der Waals surface area contributed by atoms with Gasteiger partial charge in [0.25, 0.3) is 5.56 Å². The van der Waals surface area contributed by atoms with Crippen LogP contribution in [0.4, 0.5) is 0 Å². The Hall–Kier alpha value is -3.58. The summed E-state index contributed by atoms with van der Waals surface area (Å²) in [5.41, 5.74) is 2.04. The van der Waals surface area contributed by atoms with E-state index in [9.17, 15) is 19.8 Å². The number of phenols is 2. The third-order valence-corrected chi connectivity index (χ3v) is 5.65. The number of aromatic nitrogens is 2. The molecular formula is C23H18N2O4S. The molecule has 30 heavy (non-hydrogen) atoms. The number of para-hydroxylation sites is 2. The number of phenolic OH excluding ortho intramolecular Hbond substituents is 2. The summed E-state index contributed by atoms with van der Waals surface area (Å²) in [6.07, 6.45) is 0. The summed E-state index contributed by atoms with van der Waals surface area (Å²) in [7, 11) is 0. The number of carbonyl (C=O) groups is 1. The standard InChI is InChI=1S/C23H18N2O4S/c1-14-6-2-5-9-19(14)25-22(29)16-7-3-4-8-18(16)24-23(25)30-13-21(28)17-11-10-15(26)12-20(17)27/h2-12,26-27H,13H2,1H3. The van der Waals surface area contributed by atoms with Crippen LogP contribution in [-0.2, 0) is 0 Å². The van der Waals surface area contributed by atoms with Crippen LogP contribution in [0.1, 0.15) is 15.9 Å². The van der Waals surface area contributed by atoms with E-state index in [0.29, 0.717) is 21.7 Å². The number of aryl methyl sites for hydroxylation is 1. The molecule has 0 amide bonds. The van der Waals surface area contributed by atoms with Crippen molar-refractivity contribution in [3.05, 3.63) is 88.2 Å². The van der Waals surface area contributed by atoms with Gasteiger partial charge in [0.05, 0.1) is 27.9 Å². The molecule has 0 unspecified atom stereocenters. The molecular weight excluding hydrogens is 400 g/mol. The van der Waals surface area contributed by atoms with Crippen LogP contribution in [0.5, 0.6) is 11.5 Å². The summed E-state index contributed by atoms with van der Waals surface area (Å²) in [6, 6.07) is 18.4. The van der Waals surface area contributed by atoms with Crippen LogP contribution >= 0.6 is 11.8 Å². The minimum Gasteiger partial charge on any atom is -0.508 e. The van der Waals surface area contributed by atoms with Gasteiger partial charge in [0.1, 0.15) is 11.5 Å². The Morgan fingerprint density at radius 2 is 1.77 bits per heavy atom. The van der Waals surface area contributed by atoms with Crippen LogP contribution in [0.15, 0.2) is 76.7 Å². The average Bonchev–Trinajstić information content (AvgIpc) is 2.73. The van der Waals surface area contributed by atoms with Crippen LogP contribution in [0, 0.1) is 6.92 Å². The summed E-state index contributed by atoms with van der Waals surface area (Å²) < 4.78 is 1.52. The van der Waals surface area contributed by atoms with Gasteiger partial charge in [-0.05, 0) is 42.8 Å². The quantitative estimate of drug-likeness (QED) is 0.288. The number of benzene rings is 3. The molecule has 4 aromatic rings. The van der Waals surface area contributed by atoms with Crippen molar-refractivity contribution in [2.45, 2.75) is 12.1 Å². The van der Waals surface area contributed by atoms with Crippen molar-refractivity contribution >= 4 is 28.4 Å². The number of carbonyl (C=O) groups excluding carboxylic acids is 1. The Morgan fingerprint density at radius 3 is 2.53 bits per heavy atom. The predicted molar refractivity (Wildman–Crippen MR) is 117 cm³/mol. The van der Waals surface area contributed by atoms with Crippen molar-refractivity contribution in [3.63, 3.8) is 0 Å². The fourth-order valence-electron chi connectivity index (χ4n) is 3.20. The maximum atomic E-state index is 13.3. The van der Waals surface area contributed by atoms with E-state index in [4.69, 9.17) is 0 Å². The van der Waals surface area contributed by atoms with E-state index in [1.165, 1.54) is 16.7 Å². The predicted octanol–water partition coefficient (Wildman–Crippen LogP) is 4.08. The molecule has 0 aliphatic carbocycles. The SMILES string of the molecule is Cc1ccccc1-n1c(SCC(=O)c2ccc(O)cc2O)nc2ccccc2c1=O. The smallest absolute Gasteiger partial charge is 0.266 e. The van der Waals surface area contributed by atoms with Gasteiger partial charge in [0.2, 0.25) is 0 Å². The zero-order valence-electron chi connectivity index (χ0n) is 16.1. The van der Waals surface area contributed by atoms with Crippen LogP contribution in [-0.4, -0.2) is 31.3 Å². The number of ketones is 1. The third-order valence-electron chi connectivity index (χ3n) is 4.72. The van der Waals surface area contributed by atoms with Crippen molar-refractivity contribution in [2.24, 2.45) is 0 Å². The fraction of sp³-hybridized carbons (Fsp3) is 0.0870. The molecule has 0 fully saturated rings. The monoisotopic (exact) mass is 418 g/mol. The highest BCUT2D eigenvalue weighted by atomic mass is 32.2. The summed E-state index contributed by atoms with van der Waals surface area (Å²) in [6.45, 7) is 1.91. The number of fused-ring (bicyclic) bond motifs is 1. The normalized spacial score (nSPS) is 11.0. The Morgan fingerprint density at radius 1 is 1.03 bits per heavy atom. The van der Waals surface area contributed by atoms with Crippen molar-refractivity contribution in [1.82, 2.24) is 9.55 Å². The first-order valence-electron chi connectivity index (χ1n) is 9.21. The lowest BCUT2D eigenvalue weighted by molar-refractivity contribution is 0.102. The Balaban J connectivity index is 1.78. The van der Waals surface area contributed by atoms with Gasteiger partial charge in [-0.1, -0.05) is 42.1 Å². The second kappa shape index (κ2) is 8.04. The highest BCUT2D eigenvalue weighted by molar-refractivity contribution is 7.99. The Bertz CT molecular complexity index is 1330. The molecule has 0 aliphatic heterocycles. The number of hydrogen-bond acceptors (Lipinski definition) is 6. The lowest BCUT2D eigenvalue weighted by Crippen LogP contribution is -2.23. The number of aromatic hydroxyl groups is 2. The van der Waals surface area contributed by atoms with Crippen molar-refractivity contribution in [2.75, 3.05) is 5.75 Å². The molecule has 0 saturated heterocycles. The molecule has 4 rings (SSSR count). The molecule has 1 heterocycles. The summed E-state index contributed by atoms with van der Waals surface area (Å²) >= 11 is 1.12. The van der Waals surface area contributed by atoms with Gasteiger partial charge in [-0.15, -0.1) is 0 Å². The van der Waals surface area contributed by atoms with E-state index in [2.05, 4.69) is 4.98 Å². The van der Waals surface area contributed by atoms with Gasteiger partial charge in [-0.25, -0.2) is 4.98 Å². The summed E-state index contributed by atoms with van der Waals surface area (Å²) in [4.78, 5) is 30.5. The van der Waals surface area contributed by atoms with Gasteiger partial charge in [0.15, 0.2) is 10.9 Å². The topological polar surface area (TPSA) is 92.4 Å². The first-order valence-corrected chi connectivity index (χ1v) is 10.2. The maximum absolute atomic E-state index is 13.3. The second-order valence-electron chi connectivity index (χ2n) is 6.75. The molecule has 0 radical (unpaired) electrons. The van der Waals surface area contributed by atoms with Crippen LogP contribution < -0.4 is 5.56 Å². The summed E-state index contributed by atoms with van der Waals surface area (Å²) in [5, 5.41) is 20.3. The Kier molecular flexibility index (Phi) is 5.29. The van der Waals surface area contributed by atoms with Crippen LogP contribution in [0.25, 0.3) is 16.6 Å². The average molecular weight is 418 g/mol. The van der Waals surface area contributed by atoms with Gasteiger partial charge >= 0.3 is 0 Å². The number of rotatable bonds is 5. The zero-order valence-corrected chi connectivity index (χ0v) is 16.9. The lowest BCUT2D eigenvalue weighted by atomic mass is 10.1. The van der Waals surface area contributed by atoms with E-state index in [1.54, 1.807) is 24.3 Å². The van der Waals surface area contributed by atoms with Crippen molar-refractivity contribution < 1.29 is 15.0 Å². The molecule has 7 heteroatoms. The molecule has 0 atom stereocenters. The molecule has 150 valence electrons. The minimum atomic E-state index is -0.337. The first-order chi connectivity index (χ1) is 14.5. The fourth-order valence-corrected chi connectivity index (χ4v) is 4.09. The molecule has 2 N–H and O–H groups in total. The van der Waals surface area contributed by atoms with Crippen molar-refractivity contribution in [1.29, 1.82) is 0 Å². The molecule has 0 spiro atoms. The number of nitrogens with zero attached hydrogens (tertiary/aromatic N) is 2. The molecule has 1 aromatic heterocycles. The number of Topliss-reactive ketones (excluding diaryl/α,β-unsaturated/α-hetero) is 1. The molecule has 6 nitrogen and oxygen atoms in total. The van der Waals surface area contributed by atoms with Crippen LogP contribution in [0.2, 0.25) is 0 Å². The van der Waals surface area contributed by atoms with E-state index in [0.717, 1.165) is 23.4 Å². The molecule has 0 bridgehead atoms. The van der Waals surface area contributed by atoms with Crippen molar-refractivity contribution in [3.8, 4) is 17.2 Å². The first kappa shape index (κ1) is 19.7. The highest BCUT2D eigenvalue weighted by Crippen LogP contribution is 2.27. The molecule has 0 aliphatic rings. The molecule has 3 aromatic carbocycles. The van der Waals surface area contributed by atoms with Crippen LogP contribution in [0.3, 0.4) is 0 Å². The van der Waals surface area contributed by atoms with E-state index in [1.807, 2.05) is 31.2 Å². The summed E-state index contributed by atoms with van der Waals surface area (Å²) in [5.74, 6) is -0.782. The maximum Gasteiger partial charge on any atom is 0.266 e. The third kappa shape index (κ3) is 3.67. The largest absolute Gasteiger partial charge is 0.508 e. The highest BCUT2D eigenvalue weighted by Gasteiger charge is 2.18. The van der Waals surface area contributed by atoms with Gasteiger partial charge in [-0.3, -0.25) is 14.2 Å². The number of hydrogen-bond donors (Lipinski definition) is 2. The zero-order chi connectivity index (χ0) is 21.3. The Labute approximate surface area is 176 Å². The van der Waals surface area contributed by atoms with Gasteiger partial charge in [0, 0.05) is 6.07 Å². The lowest BCUT2D eigenvalue weighted by Gasteiger charge is -2.15. The molecule has 0 saturated carbocycles. The van der Waals surface area contributed by atoms with E-state index < -0.39 is 0 Å². The van der Waals surface area contributed by atoms with Gasteiger partial charge < -0.3 is 10.2 Å². The van der Waals surface area contributed by atoms with E-state index in [-0.39, 0.29) is 34.2 Å². The van der Waals surface area contributed by atoms with E-state index >= 15 is 0 Å².